The van der Waals surface area contributed by atoms with Gasteiger partial charge in [0.25, 0.3) is 5.91 Å². The molecule has 0 unspecified atom stereocenters. The largest absolute Gasteiger partial charge is 0.372 e. The number of ether oxygens (including phenoxy) is 1. The van der Waals surface area contributed by atoms with E-state index in [1.54, 1.807) is 6.20 Å². The van der Waals surface area contributed by atoms with Crippen molar-refractivity contribution < 1.29 is 9.53 Å². The molecule has 128 valence electrons. The third kappa shape index (κ3) is 3.36. The average Bonchev–Trinajstić information content (AvgIpc) is 2.82. The average molecular weight is 327 g/mol. The minimum Gasteiger partial charge on any atom is -0.372 e. The Morgan fingerprint density at radius 3 is 2.79 bits per heavy atom. The number of aromatic nitrogens is 2. The lowest BCUT2D eigenvalue weighted by molar-refractivity contribution is -0.0764. The molecule has 0 aromatic carbocycles. The van der Waals surface area contributed by atoms with E-state index < -0.39 is 0 Å². The Morgan fingerprint density at radius 2 is 2.12 bits per heavy atom. The molecule has 0 aliphatic carbocycles. The summed E-state index contributed by atoms with van der Waals surface area (Å²) in [6, 6.07) is 7.89. The van der Waals surface area contributed by atoms with Gasteiger partial charge in [0.2, 0.25) is 0 Å². The minimum atomic E-state index is -0.284. The van der Waals surface area contributed by atoms with Crippen molar-refractivity contribution in [1.29, 1.82) is 0 Å². The van der Waals surface area contributed by atoms with Crippen molar-refractivity contribution in [3.05, 3.63) is 53.1 Å². The van der Waals surface area contributed by atoms with Gasteiger partial charge in [-0.3, -0.25) is 9.78 Å². The van der Waals surface area contributed by atoms with Gasteiger partial charge in [-0.2, -0.15) is 0 Å². The van der Waals surface area contributed by atoms with Crippen molar-refractivity contribution in [2.75, 3.05) is 19.7 Å². The topological polar surface area (TPSA) is 47.4 Å². The SMILES string of the molecule is Cc1cc(C(=O)N2CCOC(C)(C)C2)c(C)n1Cc1ccccn1. The van der Waals surface area contributed by atoms with E-state index in [0.717, 1.165) is 22.6 Å². The summed E-state index contributed by atoms with van der Waals surface area (Å²) in [4.78, 5) is 19.3. The molecule has 3 heterocycles. The molecule has 0 radical (unpaired) electrons. The normalized spacial score (nSPS) is 17.1. The highest BCUT2D eigenvalue weighted by molar-refractivity contribution is 5.95. The van der Waals surface area contributed by atoms with Gasteiger partial charge in [-0.25, -0.2) is 0 Å². The summed E-state index contributed by atoms with van der Waals surface area (Å²) < 4.78 is 7.87. The Balaban J connectivity index is 1.84. The molecule has 0 spiro atoms. The number of nitrogens with zero attached hydrogens (tertiary/aromatic N) is 3. The standard InChI is InChI=1S/C19H25N3O2/c1-14-11-17(18(23)21-9-10-24-19(3,4)13-21)15(2)22(14)12-16-7-5-6-8-20-16/h5-8,11H,9-10,12-13H2,1-4H3. The van der Waals surface area contributed by atoms with Crippen LogP contribution < -0.4 is 0 Å². The van der Waals surface area contributed by atoms with Crippen LogP contribution in [0.2, 0.25) is 0 Å². The quantitative estimate of drug-likeness (QED) is 0.871. The molecular formula is C19H25N3O2. The summed E-state index contributed by atoms with van der Waals surface area (Å²) in [5.74, 6) is 0.0896. The predicted molar refractivity (Wildman–Crippen MR) is 93.2 cm³/mol. The van der Waals surface area contributed by atoms with Crippen LogP contribution in [0.25, 0.3) is 0 Å². The van der Waals surface area contributed by atoms with Crippen LogP contribution in [0.3, 0.4) is 0 Å². The van der Waals surface area contributed by atoms with Gasteiger partial charge in [-0.15, -0.1) is 0 Å². The number of pyridine rings is 1. The van der Waals surface area contributed by atoms with Crippen molar-refractivity contribution in [3.8, 4) is 0 Å². The molecule has 0 atom stereocenters. The first-order chi connectivity index (χ1) is 11.4. The van der Waals surface area contributed by atoms with Gasteiger partial charge in [0.05, 0.1) is 30.0 Å². The Bertz CT molecular complexity index is 735. The van der Waals surface area contributed by atoms with Crippen LogP contribution in [-0.4, -0.2) is 45.7 Å². The van der Waals surface area contributed by atoms with Crippen LogP contribution >= 0.6 is 0 Å². The van der Waals surface area contributed by atoms with E-state index >= 15 is 0 Å². The first-order valence-corrected chi connectivity index (χ1v) is 8.37. The highest BCUT2D eigenvalue weighted by Crippen LogP contribution is 2.22. The van der Waals surface area contributed by atoms with Gasteiger partial charge in [0.1, 0.15) is 0 Å². The Morgan fingerprint density at radius 1 is 1.33 bits per heavy atom. The van der Waals surface area contributed by atoms with Gasteiger partial charge in [-0.1, -0.05) is 6.07 Å². The van der Waals surface area contributed by atoms with Crippen LogP contribution in [0.5, 0.6) is 0 Å². The fraction of sp³-hybridized carbons (Fsp3) is 0.474. The summed E-state index contributed by atoms with van der Waals surface area (Å²) >= 11 is 0. The molecule has 0 bridgehead atoms. The Labute approximate surface area is 143 Å². The molecule has 5 heteroatoms. The lowest BCUT2D eigenvalue weighted by Gasteiger charge is -2.38. The number of carbonyl (C=O) groups excluding carboxylic acids is 1. The fourth-order valence-electron chi connectivity index (χ4n) is 3.27. The molecular weight excluding hydrogens is 302 g/mol. The fourth-order valence-corrected chi connectivity index (χ4v) is 3.27. The zero-order chi connectivity index (χ0) is 17.3. The zero-order valence-electron chi connectivity index (χ0n) is 14.9. The Hall–Kier alpha value is -2.14. The molecule has 0 N–H and O–H groups in total. The second kappa shape index (κ2) is 6.40. The maximum absolute atomic E-state index is 13.0. The van der Waals surface area contributed by atoms with Gasteiger partial charge in [0, 0.05) is 30.7 Å². The van der Waals surface area contributed by atoms with Crippen LogP contribution in [0.1, 0.15) is 41.3 Å². The maximum atomic E-state index is 13.0. The number of amides is 1. The van der Waals surface area contributed by atoms with Crippen molar-refractivity contribution >= 4 is 5.91 Å². The molecule has 2 aromatic rings. The maximum Gasteiger partial charge on any atom is 0.255 e. The zero-order valence-corrected chi connectivity index (χ0v) is 14.9. The molecule has 2 aromatic heterocycles. The van der Waals surface area contributed by atoms with Crippen molar-refractivity contribution in [1.82, 2.24) is 14.5 Å². The third-order valence-electron chi connectivity index (χ3n) is 4.56. The summed E-state index contributed by atoms with van der Waals surface area (Å²) in [7, 11) is 0. The molecule has 1 fully saturated rings. The van der Waals surface area contributed by atoms with E-state index in [4.69, 9.17) is 4.74 Å². The highest BCUT2D eigenvalue weighted by atomic mass is 16.5. The second-order valence-electron chi connectivity index (χ2n) is 7.03. The van der Waals surface area contributed by atoms with E-state index in [1.807, 2.05) is 56.9 Å². The number of hydrogen-bond acceptors (Lipinski definition) is 3. The van der Waals surface area contributed by atoms with Crippen LogP contribution in [0.4, 0.5) is 0 Å². The molecule has 1 amide bonds. The van der Waals surface area contributed by atoms with Crippen molar-refractivity contribution in [2.24, 2.45) is 0 Å². The van der Waals surface area contributed by atoms with Gasteiger partial charge < -0.3 is 14.2 Å². The molecule has 5 nitrogen and oxygen atoms in total. The van der Waals surface area contributed by atoms with E-state index in [9.17, 15) is 4.79 Å². The summed E-state index contributed by atoms with van der Waals surface area (Å²) in [6.07, 6.45) is 1.80. The molecule has 0 saturated carbocycles. The summed E-state index contributed by atoms with van der Waals surface area (Å²) in [5.41, 5.74) is 3.56. The molecule has 1 aliphatic rings. The smallest absolute Gasteiger partial charge is 0.255 e. The molecule has 24 heavy (non-hydrogen) atoms. The Kier molecular flexibility index (Phi) is 4.45. The second-order valence-corrected chi connectivity index (χ2v) is 7.03. The highest BCUT2D eigenvalue weighted by Gasteiger charge is 2.31. The first-order valence-electron chi connectivity index (χ1n) is 8.37. The van der Waals surface area contributed by atoms with Gasteiger partial charge in [0.15, 0.2) is 0 Å². The van der Waals surface area contributed by atoms with Gasteiger partial charge >= 0.3 is 0 Å². The number of rotatable bonds is 3. The van der Waals surface area contributed by atoms with E-state index in [-0.39, 0.29) is 11.5 Å². The molecule has 1 aliphatic heterocycles. The van der Waals surface area contributed by atoms with Crippen LogP contribution in [-0.2, 0) is 11.3 Å². The predicted octanol–water partition coefficient (Wildman–Crippen LogP) is 2.80. The minimum absolute atomic E-state index is 0.0896. The van der Waals surface area contributed by atoms with Crippen molar-refractivity contribution in [2.45, 2.75) is 39.8 Å². The number of hydrogen-bond donors (Lipinski definition) is 0. The molecule has 1 saturated heterocycles. The molecule has 3 rings (SSSR count). The van der Waals surface area contributed by atoms with E-state index in [0.29, 0.717) is 26.2 Å². The van der Waals surface area contributed by atoms with Crippen LogP contribution in [0, 0.1) is 13.8 Å². The van der Waals surface area contributed by atoms with Gasteiger partial charge in [-0.05, 0) is 45.9 Å². The van der Waals surface area contributed by atoms with Crippen LogP contribution in [0.15, 0.2) is 30.5 Å². The number of morpholine rings is 1. The summed E-state index contributed by atoms with van der Waals surface area (Å²) in [5, 5.41) is 0. The first kappa shape index (κ1) is 16.7. The third-order valence-corrected chi connectivity index (χ3v) is 4.56. The van der Waals surface area contributed by atoms with E-state index in [1.165, 1.54) is 0 Å². The lowest BCUT2D eigenvalue weighted by atomic mass is 10.1. The number of aryl methyl sites for hydroxylation is 1. The lowest BCUT2D eigenvalue weighted by Crippen LogP contribution is -2.50. The van der Waals surface area contributed by atoms with E-state index in [2.05, 4.69) is 9.55 Å². The summed E-state index contributed by atoms with van der Waals surface area (Å²) in [6.45, 7) is 10.6. The number of carbonyl (C=O) groups is 1. The monoisotopic (exact) mass is 327 g/mol. The van der Waals surface area contributed by atoms with Crippen molar-refractivity contribution in [3.63, 3.8) is 0 Å².